The molecule has 4 nitrogen and oxygen atoms in total. The highest BCUT2D eigenvalue weighted by Crippen LogP contribution is 2.49. The van der Waals surface area contributed by atoms with Gasteiger partial charge < -0.3 is 14.4 Å². The maximum atomic E-state index is 12.1. The van der Waals surface area contributed by atoms with E-state index in [9.17, 15) is 4.79 Å². The lowest BCUT2D eigenvalue weighted by atomic mass is 9.66. The minimum atomic E-state index is 0.0415. The van der Waals surface area contributed by atoms with Crippen molar-refractivity contribution < 1.29 is 14.3 Å². The summed E-state index contributed by atoms with van der Waals surface area (Å²) in [6.07, 6.45) is 3.34. The third-order valence-electron chi connectivity index (χ3n) is 6.33. The number of likely N-dealkylation sites (N-methyl/N-ethyl adjacent to an activating group) is 1. The number of ketones is 1. The molecule has 0 bridgehead atoms. The Bertz CT molecular complexity index is 820. The highest BCUT2D eigenvalue weighted by molar-refractivity contribution is 5.81. The van der Waals surface area contributed by atoms with Gasteiger partial charge in [-0.3, -0.25) is 4.79 Å². The third-order valence-corrected chi connectivity index (χ3v) is 6.33. The number of methoxy groups -OCH3 is 1. The second kappa shape index (κ2) is 7.35. The molecule has 0 spiro atoms. The zero-order chi connectivity index (χ0) is 18.9. The topological polar surface area (TPSA) is 38.8 Å². The Labute approximate surface area is 161 Å². The van der Waals surface area contributed by atoms with Crippen LogP contribution in [0.1, 0.15) is 36.8 Å². The van der Waals surface area contributed by atoms with E-state index in [2.05, 4.69) is 36.2 Å². The van der Waals surface area contributed by atoms with Gasteiger partial charge in [-0.05, 0) is 49.7 Å². The number of carbonyl (C=O) groups is 1. The van der Waals surface area contributed by atoms with Gasteiger partial charge in [-0.2, -0.15) is 0 Å². The van der Waals surface area contributed by atoms with Crippen LogP contribution in [0.4, 0.5) is 0 Å². The fourth-order valence-corrected chi connectivity index (χ4v) is 4.76. The van der Waals surface area contributed by atoms with E-state index in [0.29, 0.717) is 25.2 Å². The van der Waals surface area contributed by atoms with Crippen molar-refractivity contribution in [3.05, 3.63) is 59.7 Å². The molecule has 1 aliphatic carbocycles. The molecule has 2 aromatic rings. The summed E-state index contributed by atoms with van der Waals surface area (Å²) in [6.45, 7) is 1.54. The number of benzene rings is 2. The summed E-state index contributed by atoms with van der Waals surface area (Å²) < 4.78 is 11.7. The van der Waals surface area contributed by atoms with Gasteiger partial charge in [-0.25, -0.2) is 0 Å². The summed E-state index contributed by atoms with van der Waals surface area (Å²) in [5, 5.41) is 0. The molecule has 27 heavy (non-hydrogen) atoms. The Hall–Kier alpha value is -2.33. The first-order valence-corrected chi connectivity index (χ1v) is 9.69. The number of ether oxygens (including phenoxy) is 2. The fourth-order valence-electron chi connectivity index (χ4n) is 4.76. The monoisotopic (exact) mass is 365 g/mol. The highest BCUT2D eigenvalue weighted by atomic mass is 16.5. The molecule has 4 heteroatoms. The molecule has 1 saturated carbocycles. The molecule has 4 rings (SSSR count). The lowest BCUT2D eigenvalue weighted by molar-refractivity contribution is -0.122. The highest BCUT2D eigenvalue weighted by Gasteiger charge is 2.50. The van der Waals surface area contributed by atoms with Crippen molar-refractivity contribution in [1.82, 2.24) is 4.90 Å². The minimum Gasteiger partial charge on any atom is -0.493 e. The number of carbonyl (C=O) groups excluding carboxylic acids is 1. The smallest absolute Gasteiger partial charge is 0.161 e. The van der Waals surface area contributed by atoms with Crippen LogP contribution in [0.2, 0.25) is 0 Å². The van der Waals surface area contributed by atoms with Crippen molar-refractivity contribution in [2.24, 2.45) is 0 Å². The molecule has 0 N–H and O–H groups in total. The van der Waals surface area contributed by atoms with Gasteiger partial charge in [0.15, 0.2) is 11.5 Å². The second-order valence-corrected chi connectivity index (χ2v) is 7.79. The van der Waals surface area contributed by atoms with Gasteiger partial charge in [0.25, 0.3) is 0 Å². The van der Waals surface area contributed by atoms with E-state index in [0.717, 1.165) is 36.4 Å². The van der Waals surface area contributed by atoms with Crippen LogP contribution in [-0.4, -0.2) is 37.4 Å². The van der Waals surface area contributed by atoms with E-state index < -0.39 is 0 Å². The molecular weight excluding hydrogens is 338 g/mol. The molecule has 1 saturated heterocycles. The van der Waals surface area contributed by atoms with Crippen LogP contribution < -0.4 is 9.47 Å². The summed E-state index contributed by atoms with van der Waals surface area (Å²) in [5.74, 6) is 1.91. The zero-order valence-electron chi connectivity index (χ0n) is 16.1. The molecule has 2 aromatic carbocycles. The number of hydrogen-bond donors (Lipinski definition) is 0. The molecule has 2 atom stereocenters. The molecule has 0 radical (unpaired) electrons. The largest absolute Gasteiger partial charge is 0.493 e. The Morgan fingerprint density at radius 3 is 2.70 bits per heavy atom. The van der Waals surface area contributed by atoms with E-state index >= 15 is 0 Å². The van der Waals surface area contributed by atoms with Gasteiger partial charge in [-0.15, -0.1) is 0 Å². The Balaban J connectivity index is 1.64. The van der Waals surface area contributed by atoms with Crippen molar-refractivity contribution in [2.75, 3.05) is 20.7 Å². The molecular formula is C23H27NO3. The van der Waals surface area contributed by atoms with E-state index in [-0.39, 0.29) is 11.5 Å². The first-order valence-electron chi connectivity index (χ1n) is 9.69. The Kier molecular flexibility index (Phi) is 4.92. The maximum Gasteiger partial charge on any atom is 0.161 e. The Morgan fingerprint density at radius 2 is 1.93 bits per heavy atom. The number of hydrogen-bond acceptors (Lipinski definition) is 4. The molecule has 1 heterocycles. The van der Waals surface area contributed by atoms with Gasteiger partial charge >= 0.3 is 0 Å². The van der Waals surface area contributed by atoms with E-state index in [1.165, 1.54) is 5.56 Å². The summed E-state index contributed by atoms with van der Waals surface area (Å²) in [7, 11) is 3.81. The van der Waals surface area contributed by atoms with E-state index in [1.54, 1.807) is 7.11 Å². The number of fused-ring (bicyclic) bond motifs is 1. The van der Waals surface area contributed by atoms with Crippen molar-refractivity contribution in [1.29, 1.82) is 0 Å². The lowest BCUT2D eigenvalue weighted by Crippen LogP contribution is -2.46. The average Bonchev–Trinajstić information content (AvgIpc) is 3.04. The molecule has 0 aromatic heterocycles. The van der Waals surface area contributed by atoms with Crippen LogP contribution in [0.3, 0.4) is 0 Å². The molecule has 0 unspecified atom stereocenters. The number of rotatable bonds is 5. The van der Waals surface area contributed by atoms with Crippen molar-refractivity contribution in [3.8, 4) is 11.5 Å². The van der Waals surface area contributed by atoms with Crippen LogP contribution in [0.15, 0.2) is 48.5 Å². The lowest BCUT2D eigenvalue weighted by Gasteiger charge is -2.41. The number of likely N-dealkylation sites (tertiary alicyclic amines) is 1. The average molecular weight is 365 g/mol. The first kappa shape index (κ1) is 18.1. The predicted octanol–water partition coefficient (Wildman–Crippen LogP) is 3.97. The van der Waals surface area contributed by atoms with Crippen LogP contribution in [0, 0.1) is 0 Å². The van der Waals surface area contributed by atoms with Crippen LogP contribution in [-0.2, 0) is 16.8 Å². The van der Waals surface area contributed by atoms with Gasteiger partial charge in [-0.1, -0.05) is 36.4 Å². The van der Waals surface area contributed by atoms with Crippen LogP contribution in [0.25, 0.3) is 0 Å². The number of nitrogens with zero attached hydrogens (tertiary/aromatic N) is 1. The van der Waals surface area contributed by atoms with Gasteiger partial charge in [0, 0.05) is 24.3 Å². The zero-order valence-corrected chi connectivity index (χ0v) is 16.1. The third kappa shape index (κ3) is 3.34. The normalized spacial score (nSPS) is 25.3. The summed E-state index contributed by atoms with van der Waals surface area (Å²) in [5.41, 5.74) is 2.44. The second-order valence-electron chi connectivity index (χ2n) is 7.79. The first-order chi connectivity index (χ1) is 13.1. The van der Waals surface area contributed by atoms with Crippen molar-refractivity contribution in [3.63, 3.8) is 0 Å². The molecule has 0 amide bonds. The van der Waals surface area contributed by atoms with Crippen molar-refractivity contribution >= 4 is 5.78 Å². The SMILES string of the molecule is COc1ccc([C@@]23CCC(=O)C[C@H]2N(C)CC3)cc1OCc1ccccc1. The quantitative estimate of drug-likeness (QED) is 0.804. The minimum absolute atomic E-state index is 0.0415. The van der Waals surface area contributed by atoms with Crippen LogP contribution >= 0.6 is 0 Å². The fraction of sp³-hybridized carbons (Fsp3) is 0.435. The van der Waals surface area contributed by atoms with Crippen molar-refractivity contribution in [2.45, 2.75) is 43.7 Å². The maximum absolute atomic E-state index is 12.1. The molecule has 2 aliphatic rings. The standard InChI is InChI=1S/C23H27NO3/c1-24-13-12-23(11-10-19(25)15-22(23)24)18-8-9-20(26-2)21(14-18)27-16-17-6-4-3-5-7-17/h3-9,14,22H,10-13,15-16H2,1-2H3/t22-,23+/m1/s1. The Morgan fingerprint density at radius 1 is 1.11 bits per heavy atom. The van der Waals surface area contributed by atoms with Gasteiger partial charge in [0.1, 0.15) is 12.4 Å². The molecule has 1 aliphatic heterocycles. The predicted molar refractivity (Wildman–Crippen MR) is 105 cm³/mol. The molecule has 142 valence electrons. The van der Waals surface area contributed by atoms with Gasteiger partial charge in [0.2, 0.25) is 0 Å². The van der Waals surface area contributed by atoms with Crippen LogP contribution in [0.5, 0.6) is 11.5 Å². The summed E-state index contributed by atoms with van der Waals surface area (Å²) in [6, 6.07) is 16.8. The summed E-state index contributed by atoms with van der Waals surface area (Å²) in [4.78, 5) is 14.4. The molecule has 2 fully saturated rings. The van der Waals surface area contributed by atoms with E-state index in [4.69, 9.17) is 9.47 Å². The van der Waals surface area contributed by atoms with Gasteiger partial charge in [0.05, 0.1) is 7.11 Å². The number of Topliss-reactive ketones (excluding diaryl/α,β-unsaturated/α-hetero) is 1. The summed E-state index contributed by atoms with van der Waals surface area (Å²) >= 11 is 0. The van der Waals surface area contributed by atoms with E-state index in [1.807, 2.05) is 24.3 Å².